The zero-order valence-corrected chi connectivity index (χ0v) is 13.3. The van der Waals surface area contributed by atoms with Gasteiger partial charge in [0, 0.05) is 22.5 Å². The molecule has 104 valence electrons. The summed E-state index contributed by atoms with van der Waals surface area (Å²) in [6.07, 6.45) is 0.853. The zero-order valence-electron chi connectivity index (χ0n) is 11.7. The second kappa shape index (κ2) is 5.23. The topological polar surface area (TPSA) is 35.2 Å². The second-order valence-electron chi connectivity index (χ2n) is 5.49. The van der Waals surface area contributed by atoms with Gasteiger partial charge in [-0.25, -0.2) is 0 Å². The van der Waals surface area contributed by atoms with E-state index in [1.165, 1.54) is 16.7 Å². The van der Waals surface area contributed by atoms with Gasteiger partial charge in [0.15, 0.2) is 0 Å². The molecule has 1 aliphatic heterocycles. The first-order valence-electron chi connectivity index (χ1n) is 6.83. The fraction of sp³-hybridized carbons (Fsp3) is 0.294. The molecule has 0 amide bonds. The molecule has 1 unspecified atom stereocenters. The SMILES string of the molecule is Cc1ccc(C2C[C@@H](N)c3ccc(Br)cc3O2)c(C)c1. The summed E-state index contributed by atoms with van der Waals surface area (Å²) in [4.78, 5) is 0. The number of ether oxygens (including phenoxy) is 1. The molecular weight excluding hydrogens is 314 g/mol. The molecule has 0 fully saturated rings. The summed E-state index contributed by atoms with van der Waals surface area (Å²) in [5.41, 5.74) is 11.2. The van der Waals surface area contributed by atoms with Gasteiger partial charge in [0.25, 0.3) is 0 Å². The third-order valence-corrected chi connectivity index (χ3v) is 4.38. The Hall–Kier alpha value is -1.32. The van der Waals surface area contributed by atoms with Gasteiger partial charge < -0.3 is 10.5 Å². The maximum Gasteiger partial charge on any atom is 0.126 e. The van der Waals surface area contributed by atoms with Crippen LogP contribution in [0.5, 0.6) is 5.75 Å². The Morgan fingerprint density at radius 1 is 1.10 bits per heavy atom. The average Bonchev–Trinajstić information content (AvgIpc) is 2.37. The van der Waals surface area contributed by atoms with Crippen LogP contribution in [0.2, 0.25) is 0 Å². The molecular formula is C17H18BrNO. The molecule has 0 saturated heterocycles. The summed E-state index contributed by atoms with van der Waals surface area (Å²) in [5.74, 6) is 0.892. The molecule has 2 atom stereocenters. The van der Waals surface area contributed by atoms with Crippen molar-refractivity contribution in [3.05, 3.63) is 63.1 Å². The second-order valence-corrected chi connectivity index (χ2v) is 6.41. The van der Waals surface area contributed by atoms with Crippen molar-refractivity contribution in [1.82, 2.24) is 0 Å². The van der Waals surface area contributed by atoms with Crippen molar-refractivity contribution in [3.63, 3.8) is 0 Å². The van der Waals surface area contributed by atoms with Gasteiger partial charge in [0.05, 0.1) is 0 Å². The first kappa shape index (κ1) is 13.7. The molecule has 0 saturated carbocycles. The van der Waals surface area contributed by atoms with Crippen LogP contribution in [0.3, 0.4) is 0 Å². The van der Waals surface area contributed by atoms with Crippen LogP contribution in [0.1, 0.15) is 40.8 Å². The Bertz CT molecular complexity index is 653. The Balaban J connectivity index is 1.98. The fourth-order valence-corrected chi connectivity index (χ4v) is 3.19. The van der Waals surface area contributed by atoms with Crippen LogP contribution in [-0.2, 0) is 0 Å². The highest BCUT2D eigenvalue weighted by Gasteiger charge is 2.27. The summed E-state index contributed by atoms with van der Waals surface area (Å²) >= 11 is 3.49. The first-order valence-corrected chi connectivity index (χ1v) is 7.63. The summed E-state index contributed by atoms with van der Waals surface area (Å²) in [6.45, 7) is 4.24. The molecule has 1 heterocycles. The zero-order chi connectivity index (χ0) is 14.3. The number of hydrogen-bond acceptors (Lipinski definition) is 2. The van der Waals surface area contributed by atoms with Crippen LogP contribution in [0.15, 0.2) is 40.9 Å². The lowest BCUT2D eigenvalue weighted by Gasteiger charge is -2.31. The molecule has 1 aliphatic rings. The normalized spacial score (nSPS) is 21.2. The number of halogens is 1. The highest BCUT2D eigenvalue weighted by molar-refractivity contribution is 9.10. The molecule has 2 N–H and O–H groups in total. The lowest BCUT2D eigenvalue weighted by molar-refractivity contribution is 0.161. The highest BCUT2D eigenvalue weighted by atomic mass is 79.9. The van der Waals surface area contributed by atoms with Crippen molar-refractivity contribution in [2.75, 3.05) is 0 Å². The van der Waals surface area contributed by atoms with E-state index in [9.17, 15) is 0 Å². The maximum absolute atomic E-state index is 6.31. The molecule has 0 radical (unpaired) electrons. The van der Waals surface area contributed by atoms with E-state index in [0.717, 1.165) is 22.2 Å². The van der Waals surface area contributed by atoms with Crippen LogP contribution in [0.25, 0.3) is 0 Å². The van der Waals surface area contributed by atoms with Crippen molar-refractivity contribution in [2.45, 2.75) is 32.4 Å². The molecule has 3 heteroatoms. The van der Waals surface area contributed by atoms with Gasteiger partial charge >= 0.3 is 0 Å². The minimum Gasteiger partial charge on any atom is -0.485 e. The van der Waals surface area contributed by atoms with Gasteiger partial charge in [-0.05, 0) is 37.1 Å². The fourth-order valence-electron chi connectivity index (χ4n) is 2.85. The van der Waals surface area contributed by atoms with Gasteiger partial charge in [-0.2, -0.15) is 0 Å². The van der Waals surface area contributed by atoms with E-state index in [1.54, 1.807) is 0 Å². The molecule has 3 rings (SSSR count). The van der Waals surface area contributed by atoms with Crippen LogP contribution in [0, 0.1) is 13.8 Å². The van der Waals surface area contributed by atoms with Crippen LogP contribution in [-0.4, -0.2) is 0 Å². The average molecular weight is 332 g/mol. The Kier molecular flexibility index (Phi) is 3.57. The number of aryl methyl sites for hydroxylation is 2. The lowest BCUT2D eigenvalue weighted by atomic mass is 9.91. The maximum atomic E-state index is 6.31. The molecule has 2 nitrogen and oxygen atoms in total. The Morgan fingerprint density at radius 2 is 1.85 bits per heavy atom. The van der Waals surface area contributed by atoms with Crippen molar-refractivity contribution in [3.8, 4) is 5.75 Å². The van der Waals surface area contributed by atoms with E-state index >= 15 is 0 Å². The minimum atomic E-state index is 0.0255. The van der Waals surface area contributed by atoms with Crippen LogP contribution >= 0.6 is 15.9 Å². The van der Waals surface area contributed by atoms with E-state index in [2.05, 4.69) is 48.0 Å². The number of fused-ring (bicyclic) bond motifs is 1. The van der Waals surface area contributed by atoms with E-state index in [-0.39, 0.29) is 12.1 Å². The molecule has 2 aromatic rings. The lowest BCUT2D eigenvalue weighted by Crippen LogP contribution is -2.24. The number of benzene rings is 2. The smallest absolute Gasteiger partial charge is 0.126 e. The van der Waals surface area contributed by atoms with E-state index in [0.29, 0.717) is 0 Å². The van der Waals surface area contributed by atoms with Crippen molar-refractivity contribution < 1.29 is 4.74 Å². The predicted molar refractivity (Wildman–Crippen MR) is 85.0 cm³/mol. The number of nitrogens with two attached hydrogens (primary N) is 1. The molecule has 0 aromatic heterocycles. The molecule has 0 bridgehead atoms. The van der Waals surface area contributed by atoms with Gasteiger partial charge in [0.2, 0.25) is 0 Å². The third-order valence-electron chi connectivity index (χ3n) is 3.88. The molecule has 0 spiro atoms. The molecule has 2 aromatic carbocycles. The summed E-state index contributed by atoms with van der Waals surface area (Å²) in [7, 11) is 0. The Labute approximate surface area is 128 Å². The van der Waals surface area contributed by atoms with Gasteiger partial charge in [-0.15, -0.1) is 0 Å². The monoisotopic (exact) mass is 331 g/mol. The summed E-state index contributed by atoms with van der Waals surface area (Å²) < 4.78 is 7.20. The van der Waals surface area contributed by atoms with Gasteiger partial charge in [-0.3, -0.25) is 0 Å². The first-order chi connectivity index (χ1) is 9.54. The molecule has 20 heavy (non-hydrogen) atoms. The predicted octanol–water partition coefficient (Wildman–Crippen LogP) is 4.59. The molecule has 0 aliphatic carbocycles. The van der Waals surface area contributed by atoms with E-state index < -0.39 is 0 Å². The van der Waals surface area contributed by atoms with Crippen molar-refractivity contribution >= 4 is 15.9 Å². The quantitative estimate of drug-likeness (QED) is 0.829. The highest BCUT2D eigenvalue weighted by Crippen LogP contribution is 2.41. The van der Waals surface area contributed by atoms with E-state index in [4.69, 9.17) is 10.5 Å². The number of hydrogen-bond donors (Lipinski definition) is 1. The van der Waals surface area contributed by atoms with Crippen molar-refractivity contribution in [1.29, 1.82) is 0 Å². The van der Waals surface area contributed by atoms with E-state index in [1.807, 2.05) is 18.2 Å². The largest absolute Gasteiger partial charge is 0.485 e. The Morgan fingerprint density at radius 3 is 2.60 bits per heavy atom. The third kappa shape index (κ3) is 2.48. The minimum absolute atomic E-state index is 0.0255. The number of rotatable bonds is 1. The van der Waals surface area contributed by atoms with Gasteiger partial charge in [0.1, 0.15) is 11.9 Å². The standard InChI is InChI=1S/C17H18BrNO/c1-10-3-5-13(11(2)7-10)17-9-15(19)14-6-4-12(18)8-16(14)20-17/h3-8,15,17H,9,19H2,1-2H3/t15-,17?/m1/s1. The van der Waals surface area contributed by atoms with Gasteiger partial charge in [-0.1, -0.05) is 45.8 Å². The van der Waals surface area contributed by atoms with Crippen LogP contribution in [0.4, 0.5) is 0 Å². The summed E-state index contributed by atoms with van der Waals surface area (Å²) in [6, 6.07) is 12.6. The van der Waals surface area contributed by atoms with Crippen molar-refractivity contribution in [2.24, 2.45) is 5.73 Å². The summed E-state index contributed by atoms with van der Waals surface area (Å²) in [5, 5.41) is 0. The van der Waals surface area contributed by atoms with Crippen LogP contribution < -0.4 is 10.5 Å².